The summed E-state index contributed by atoms with van der Waals surface area (Å²) in [6.07, 6.45) is 1.26. The van der Waals surface area contributed by atoms with Crippen molar-refractivity contribution in [2.45, 2.75) is 26.3 Å². The van der Waals surface area contributed by atoms with Gasteiger partial charge in [0.2, 0.25) is 0 Å². The van der Waals surface area contributed by atoms with Gasteiger partial charge in [-0.2, -0.15) is 0 Å². The van der Waals surface area contributed by atoms with Gasteiger partial charge in [-0.05, 0) is 30.9 Å². The van der Waals surface area contributed by atoms with Crippen LogP contribution >= 0.6 is 0 Å². The third-order valence-corrected chi connectivity index (χ3v) is 4.53. The average Bonchev–Trinajstić information content (AvgIpc) is 2.44. The van der Waals surface area contributed by atoms with Crippen molar-refractivity contribution in [3.05, 3.63) is 29.8 Å². The molecule has 106 valence electrons. The highest BCUT2D eigenvalue weighted by Crippen LogP contribution is 2.33. The fraction of sp³-hybridized carbons (Fsp3) is 0.625. The first kappa shape index (κ1) is 14.4. The summed E-state index contributed by atoms with van der Waals surface area (Å²) in [5.41, 5.74) is 7.26. The number of nitrogens with zero attached hydrogens (tertiary/aromatic N) is 1. The maximum Gasteiger partial charge on any atom is 0.123 e. The zero-order valence-corrected chi connectivity index (χ0v) is 12.3. The van der Waals surface area contributed by atoms with Gasteiger partial charge in [0.05, 0.1) is 13.2 Å². The van der Waals surface area contributed by atoms with Crippen molar-refractivity contribution >= 4 is 0 Å². The van der Waals surface area contributed by atoms with E-state index in [1.54, 1.807) is 7.11 Å². The van der Waals surface area contributed by atoms with Crippen molar-refractivity contribution in [3.8, 4) is 5.75 Å². The van der Waals surface area contributed by atoms with E-state index in [0.29, 0.717) is 6.54 Å². The van der Waals surface area contributed by atoms with Crippen LogP contribution in [0.3, 0.4) is 0 Å². The van der Waals surface area contributed by atoms with Gasteiger partial charge in [-0.3, -0.25) is 4.90 Å². The molecule has 19 heavy (non-hydrogen) atoms. The van der Waals surface area contributed by atoms with Crippen LogP contribution in [0.5, 0.6) is 5.75 Å². The van der Waals surface area contributed by atoms with E-state index < -0.39 is 0 Å². The molecule has 1 heterocycles. The van der Waals surface area contributed by atoms with Crippen molar-refractivity contribution in [2.24, 2.45) is 17.6 Å². The number of para-hydroxylation sites is 1. The molecule has 0 amide bonds. The van der Waals surface area contributed by atoms with Crippen LogP contribution in [-0.2, 0) is 0 Å². The van der Waals surface area contributed by atoms with E-state index in [2.05, 4.69) is 30.9 Å². The normalized spacial score (nSPS) is 26.1. The first-order valence-electron chi connectivity index (χ1n) is 7.24. The fourth-order valence-electron chi connectivity index (χ4n) is 2.99. The zero-order chi connectivity index (χ0) is 13.8. The molecule has 3 nitrogen and oxygen atoms in total. The Morgan fingerprint density at radius 2 is 2.05 bits per heavy atom. The number of rotatable bonds is 4. The average molecular weight is 262 g/mol. The SMILES string of the molecule is COc1ccccc1C(CN)N1CCC(C)C(C)C1. The third-order valence-electron chi connectivity index (χ3n) is 4.53. The van der Waals surface area contributed by atoms with Gasteiger partial charge in [0.1, 0.15) is 5.75 Å². The molecule has 1 saturated heterocycles. The quantitative estimate of drug-likeness (QED) is 0.906. The third kappa shape index (κ3) is 3.10. The highest BCUT2D eigenvalue weighted by atomic mass is 16.5. The monoisotopic (exact) mass is 262 g/mol. The first-order chi connectivity index (χ1) is 9.17. The van der Waals surface area contributed by atoms with Crippen LogP contribution in [0.25, 0.3) is 0 Å². The van der Waals surface area contributed by atoms with Crippen LogP contribution < -0.4 is 10.5 Å². The minimum absolute atomic E-state index is 0.270. The number of methoxy groups -OCH3 is 1. The van der Waals surface area contributed by atoms with Gasteiger partial charge < -0.3 is 10.5 Å². The van der Waals surface area contributed by atoms with Gasteiger partial charge in [0.15, 0.2) is 0 Å². The van der Waals surface area contributed by atoms with Crippen LogP contribution in [0.4, 0.5) is 0 Å². The molecule has 3 atom stereocenters. The number of hydrogen-bond donors (Lipinski definition) is 1. The summed E-state index contributed by atoms with van der Waals surface area (Å²) in [6, 6.07) is 8.51. The maximum atomic E-state index is 6.04. The Balaban J connectivity index is 2.20. The second kappa shape index (κ2) is 6.40. The summed E-state index contributed by atoms with van der Waals surface area (Å²) in [5.74, 6) is 2.49. The number of piperidine rings is 1. The number of likely N-dealkylation sites (tertiary alicyclic amines) is 1. The van der Waals surface area contributed by atoms with Gasteiger partial charge in [-0.1, -0.05) is 32.0 Å². The predicted octanol–water partition coefficient (Wildman–Crippen LogP) is 2.67. The molecular weight excluding hydrogens is 236 g/mol. The molecule has 1 aromatic rings. The minimum atomic E-state index is 0.270. The van der Waals surface area contributed by atoms with Crippen LogP contribution in [0, 0.1) is 11.8 Å². The molecule has 0 aliphatic carbocycles. The smallest absolute Gasteiger partial charge is 0.123 e. The lowest BCUT2D eigenvalue weighted by molar-refractivity contribution is 0.0971. The van der Waals surface area contributed by atoms with E-state index in [4.69, 9.17) is 10.5 Å². The van der Waals surface area contributed by atoms with Crippen molar-refractivity contribution in [3.63, 3.8) is 0 Å². The minimum Gasteiger partial charge on any atom is -0.496 e. The van der Waals surface area contributed by atoms with Crippen molar-refractivity contribution in [1.82, 2.24) is 4.90 Å². The summed E-state index contributed by atoms with van der Waals surface area (Å²) in [5, 5.41) is 0. The van der Waals surface area contributed by atoms with Gasteiger partial charge >= 0.3 is 0 Å². The maximum absolute atomic E-state index is 6.04. The molecule has 0 radical (unpaired) electrons. The van der Waals surface area contributed by atoms with Crippen LogP contribution in [0.15, 0.2) is 24.3 Å². The van der Waals surface area contributed by atoms with E-state index in [1.807, 2.05) is 12.1 Å². The van der Waals surface area contributed by atoms with E-state index in [-0.39, 0.29) is 6.04 Å². The molecule has 3 heteroatoms. The molecule has 0 bridgehead atoms. The molecule has 1 aliphatic heterocycles. The van der Waals surface area contributed by atoms with Gasteiger partial charge in [-0.25, -0.2) is 0 Å². The second-order valence-electron chi connectivity index (χ2n) is 5.73. The molecule has 0 saturated carbocycles. The predicted molar refractivity (Wildman–Crippen MR) is 79.3 cm³/mol. The van der Waals surface area contributed by atoms with E-state index in [9.17, 15) is 0 Å². The summed E-state index contributed by atoms with van der Waals surface area (Å²) >= 11 is 0. The zero-order valence-electron chi connectivity index (χ0n) is 12.3. The van der Waals surface area contributed by atoms with E-state index >= 15 is 0 Å². The number of ether oxygens (including phenoxy) is 1. The highest BCUT2D eigenvalue weighted by Gasteiger charge is 2.29. The van der Waals surface area contributed by atoms with Gasteiger partial charge in [-0.15, -0.1) is 0 Å². The first-order valence-corrected chi connectivity index (χ1v) is 7.24. The molecule has 0 spiro atoms. The van der Waals surface area contributed by atoms with Gasteiger partial charge in [0, 0.05) is 18.7 Å². The van der Waals surface area contributed by atoms with Crippen LogP contribution in [0.1, 0.15) is 31.9 Å². The Morgan fingerprint density at radius 1 is 1.32 bits per heavy atom. The summed E-state index contributed by atoms with van der Waals surface area (Å²) < 4.78 is 5.48. The van der Waals surface area contributed by atoms with Crippen LogP contribution in [-0.4, -0.2) is 31.6 Å². The number of benzene rings is 1. The molecular formula is C16H26N2O. The Kier molecular flexibility index (Phi) is 4.83. The second-order valence-corrected chi connectivity index (χ2v) is 5.73. The largest absolute Gasteiger partial charge is 0.496 e. The van der Waals surface area contributed by atoms with E-state index in [1.165, 1.54) is 12.0 Å². The summed E-state index contributed by atoms with van der Waals surface area (Å²) in [6.45, 7) is 7.59. The topological polar surface area (TPSA) is 38.5 Å². The van der Waals surface area contributed by atoms with Crippen molar-refractivity contribution < 1.29 is 4.74 Å². The van der Waals surface area contributed by atoms with E-state index in [0.717, 1.165) is 30.7 Å². The fourth-order valence-corrected chi connectivity index (χ4v) is 2.99. The summed E-state index contributed by atoms with van der Waals surface area (Å²) in [7, 11) is 1.73. The Labute approximate surface area is 116 Å². The number of nitrogens with two attached hydrogens (primary N) is 1. The standard InChI is InChI=1S/C16H26N2O/c1-12-8-9-18(11-13(12)2)15(10-17)14-6-4-5-7-16(14)19-3/h4-7,12-13,15H,8-11,17H2,1-3H3. The molecule has 2 N–H and O–H groups in total. The molecule has 2 rings (SSSR count). The van der Waals surface area contributed by atoms with Crippen molar-refractivity contribution in [1.29, 1.82) is 0 Å². The Hall–Kier alpha value is -1.06. The Morgan fingerprint density at radius 3 is 2.68 bits per heavy atom. The lowest BCUT2D eigenvalue weighted by Gasteiger charge is -2.40. The molecule has 1 fully saturated rings. The molecule has 3 unspecified atom stereocenters. The molecule has 1 aliphatic rings. The summed E-state index contributed by atoms with van der Waals surface area (Å²) in [4.78, 5) is 2.52. The lowest BCUT2D eigenvalue weighted by atomic mass is 9.87. The lowest BCUT2D eigenvalue weighted by Crippen LogP contribution is -2.43. The van der Waals surface area contributed by atoms with Gasteiger partial charge in [0.25, 0.3) is 0 Å². The van der Waals surface area contributed by atoms with Crippen molar-refractivity contribution in [2.75, 3.05) is 26.7 Å². The number of hydrogen-bond acceptors (Lipinski definition) is 3. The molecule has 0 aromatic heterocycles. The molecule has 1 aromatic carbocycles. The van der Waals surface area contributed by atoms with Crippen LogP contribution in [0.2, 0.25) is 0 Å². The Bertz CT molecular complexity index is 407. The highest BCUT2D eigenvalue weighted by molar-refractivity contribution is 5.36.